The molecule has 0 spiro atoms. The van der Waals surface area contributed by atoms with Gasteiger partial charge in [-0.15, -0.1) is 0 Å². The van der Waals surface area contributed by atoms with Crippen LogP contribution < -0.4 is 0 Å². The third-order valence-corrected chi connectivity index (χ3v) is 4.75. The summed E-state index contributed by atoms with van der Waals surface area (Å²) in [5.41, 5.74) is 1.83. The normalized spacial score (nSPS) is 18.8. The molecule has 0 bridgehead atoms. The fourth-order valence-corrected chi connectivity index (χ4v) is 3.27. The van der Waals surface area contributed by atoms with Crippen LogP contribution >= 0.6 is 0 Å². The van der Waals surface area contributed by atoms with Gasteiger partial charge in [-0.3, -0.25) is 19.3 Å². The molecule has 0 atom stereocenters. The second-order valence-corrected chi connectivity index (χ2v) is 6.60. The van der Waals surface area contributed by atoms with Crippen molar-refractivity contribution in [3.63, 3.8) is 0 Å². The van der Waals surface area contributed by atoms with Gasteiger partial charge in [-0.25, -0.2) is 0 Å². The Kier molecular flexibility index (Phi) is 4.66. The molecule has 0 saturated carbocycles. The number of rotatable bonds is 3. The van der Waals surface area contributed by atoms with Crippen LogP contribution in [0.25, 0.3) is 0 Å². The third kappa shape index (κ3) is 3.19. The molecular weight excluding hydrogens is 306 g/mol. The van der Waals surface area contributed by atoms with Gasteiger partial charge in [0.1, 0.15) is 0 Å². The summed E-state index contributed by atoms with van der Waals surface area (Å²) in [5.74, 6) is -0.571. The number of carbonyl (C=O) groups excluding carboxylic acids is 3. The van der Waals surface area contributed by atoms with Crippen molar-refractivity contribution in [1.82, 2.24) is 14.7 Å². The zero-order valence-electron chi connectivity index (χ0n) is 14.2. The van der Waals surface area contributed by atoms with Gasteiger partial charge in [0.15, 0.2) is 0 Å². The van der Waals surface area contributed by atoms with E-state index in [0.717, 1.165) is 31.6 Å². The molecule has 0 unspecified atom stereocenters. The Morgan fingerprint density at radius 2 is 1.79 bits per heavy atom. The van der Waals surface area contributed by atoms with Gasteiger partial charge >= 0.3 is 0 Å². The van der Waals surface area contributed by atoms with Gasteiger partial charge in [0.05, 0.1) is 11.1 Å². The van der Waals surface area contributed by atoms with E-state index in [1.165, 1.54) is 4.90 Å². The summed E-state index contributed by atoms with van der Waals surface area (Å²) in [6, 6.07) is 5.26. The van der Waals surface area contributed by atoms with Crippen molar-refractivity contribution in [3.8, 4) is 0 Å². The molecule has 1 saturated heterocycles. The quantitative estimate of drug-likeness (QED) is 0.781. The van der Waals surface area contributed by atoms with Crippen molar-refractivity contribution in [2.75, 3.05) is 39.8 Å². The number of hydrogen-bond donors (Lipinski definition) is 0. The van der Waals surface area contributed by atoms with Crippen LogP contribution in [0.1, 0.15) is 39.1 Å². The van der Waals surface area contributed by atoms with Crippen molar-refractivity contribution >= 4 is 17.7 Å². The summed E-state index contributed by atoms with van der Waals surface area (Å²) in [7, 11) is 2.05. The Hall–Kier alpha value is -2.21. The van der Waals surface area contributed by atoms with Crippen molar-refractivity contribution in [2.45, 2.75) is 19.8 Å². The molecule has 6 nitrogen and oxygen atoms in total. The number of hydrogen-bond acceptors (Lipinski definition) is 4. The van der Waals surface area contributed by atoms with Crippen LogP contribution in [0.15, 0.2) is 18.2 Å². The summed E-state index contributed by atoms with van der Waals surface area (Å²) in [5, 5.41) is 0. The molecule has 128 valence electrons. The lowest BCUT2D eigenvalue weighted by atomic mass is 10.1. The first-order chi connectivity index (χ1) is 11.5. The molecule has 1 aromatic carbocycles. The molecule has 3 rings (SSSR count). The average Bonchev–Trinajstić information content (AvgIpc) is 2.71. The number of fused-ring (bicyclic) bond motifs is 1. The first-order valence-electron chi connectivity index (χ1n) is 8.40. The topological polar surface area (TPSA) is 60.9 Å². The van der Waals surface area contributed by atoms with Crippen molar-refractivity contribution < 1.29 is 14.4 Å². The number of likely N-dealkylation sites (N-methyl/N-ethyl adjacent to an activating group) is 1. The maximum absolute atomic E-state index is 12.4. The molecule has 2 aliphatic heterocycles. The zero-order valence-corrected chi connectivity index (χ0v) is 14.2. The Morgan fingerprint density at radius 3 is 2.58 bits per heavy atom. The second-order valence-electron chi connectivity index (χ2n) is 6.60. The van der Waals surface area contributed by atoms with Crippen LogP contribution in [0.5, 0.6) is 0 Å². The Morgan fingerprint density at radius 1 is 1.04 bits per heavy atom. The summed E-state index contributed by atoms with van der Waals surface area (Å²) in [6.07, 6.45) is 1.14. The van der Waals surface area contributed by atoms with E-state index < -0.39 is 0 Å². The summed E-state index contributed by atoms with van der Waals surface area (Å²) < 4.78 is 0. The molecule has 0 aromatic heterocycles. The molecule has 6 heteroatoms. The maximum atomic E-state index is 12.4. The van der Waals surface area contributed by atoms with Crippen molar-refractivity contribution in [3.05, 3.63) is 34.9 Å². The largest absolute Gasteiger partial charge is 0.341 e. The van der Waals surface area contributed by atoms with Gasteiger partial charge in [-0.05, 0) is 39.1 Å². The number of amides is 3. The average molecular weight is 329 g/mol. The smallest absolute Gasteiger partial charge is 0.261 e. The van der Waals surface area contributed by atoms with Crippen LogP contribution in [0, 0.1) is 6.92 Å². The molecule has 2 heterocycles. The highest BCUT2D eigenvalue weighted by atomic mass is 16.2. The number of imide groups is 1. The molecule has 3 amide bonds. The van der Waals surface area contributed by atoms with Gasteiger partial charge in [-0.1, -0.05) is 11.6 Å². The predicted octanol–water partition coefficient (Wildman–Crippen LogP) is 1.15. The SMILES string of the molecule is Cc1ccc2c(c1)C(=O)N(CCC(=O)N1CCCN(C)CC1)C2=O. The van der Waals surface area contributed by atoms with Crippen LogP contribution in [0.4, 0.5) is 0 Å². The zero-order chi connectivity index (χ0) is 17.3. The fraction of sp³-hybridized carbons (Fsp3) is 0.500. The van der Waals surface area contributed by atoms with E-state index in [2.05, 4.69) is 11.9 Å². The van der Waals surface area contributed by atoms with Gasteiger partial charge in [-0.2, -0.15) is 0 Å². The highest BCUT2D eigenvalue weighted by Crippen LogP contribution is 2.24. The molecule has 1 aromatic rings. The van der Waals surface area contributed by atoms with E-state index >= 15 is 0 Å². The van der Waals surface area contributed by atoms with Gasteiger partial charge in [0.25, 0.3) is 11.8 Å². The van der Waals surface area contributed by atoms with Crippen LogP contribution in [-0.4, -0.2) is 72.2 Å². The second kappa shape index (κ2) is 6.73. The van der Waals surface area contributed by atoms with Gasteiger partial charge < -0.3 is 9.80 Å². The minimum Gasteiger partial charge on any atom is -0.341 e. The van der Waals surface area contributed by atoms with Crippen LogP contribution in [0.2, 0.25) is 0 Å². The van der Waals surface area contributed by atoms with Crippen molar-refractivity contribution in [1.29, 1.82) is 0 Å². The van der Waals surface area contributed by atoms with E-state index in [9.17, 15) is 14.4 Å². The number of aryl methyl sites for hydroxylation is 1. The lowest BCUT2D eigenvalue weighted by Gasteiger charge is -2.22. The minimum atomic E-state index is -0.293. The summed E-state index contributed by atoms with van der Waals surface area (Å²) in [6.45, 7) is 5.33. The van der Waals surface area contributed by atoms with Gasteiger partial charge in [0.2, 0.25) is 5.91 Å². The molecule has 0 N–H and O–H groups in total. The third-order valence-electron chi connectivity index (χ3n) is 4.75. The predicted molar refractivity (Wildman–Crippen MR) is 89.9 cm³/mol. The monoisotopic (exact) mass is 329 g/mol. The Bertz CT molecular complexity index is 686. The van der Waals surface area contributed by atoms with Crippen LogP contribution in [-0.2, 0) is 4.79 Å². The fourth-order valence-electron chi connectivity index (χ4n) is 3.27. The van der Waals surface area contributed by atoms with Gasteiger partial charge in [0, 0.05) is 32.6 Å². The maximum Gasteiger partial charge on any atom is 0.261 e. The van der Waals surface area contributed by atoms with E-state index in [-0.39, 0.29) is 30.7 Å². The molecular formula is C18H23N3O3. The number of nitrogens with zero attached hydrogens (tertiary/aromatic N) is 3. The molecule has 2 aliphatic rings. The first kappa shape index (κ1) is 16.6. The number of carbonyl (C=O) groups is 3. The Balaban J connectivity index is 1.62. The van der Waals surface area contributed by atoms with E-state index in [1.807, 2.05) is 17.9 Å². The molecule has 0 aliphatic carbocycles. The van der Waals surface area contributed by atoms with Crippen molar-refractivity contribution in [2.24, 2.45) is 0 Å². The standard InChI is InChI=1S/C18H23N3O3/c1-13-4-5-14-15(12-13)18(24)21(17(14)23)9-6-16(22)20-8-3-7-19(2)10-11-20/h4-5,12H,3,6-11H2,1-2H3. The first-order valence-corrected chi connectivity index (χ1v) is 8.40. The van der Waals surface area contributed by atoms with E-state index in [0.29, 0.717) is 17.7 Å². The van der Waals surface area contributed by atoms with E-state index in [1.54, 1.807) is 12.1 Å². The minimum absolute atomic E-state index is 0.0121. The van der Waals surface area contributed by atoms with Crippen LogP contribution in [0.3, 0.4) is 0 Å². The molecule has 0 radical (unpaired) electrons. The lowest BCUT2D eigenvalue weighted by molar-refractivity contribution is -0.131. The highest BCUT2D eigenvalue weighted by Gasteiger charge is 2.35. The summed E-state index contributed by atoms with van der Waals surface area (Å²) in [4.78, 5) is 42.5. The molecule has 24 heavy (non-hydrogen) atoms. The summed E-state index contributed by atoms with van der Waals surface area (Å²) >= 11 is 0. The Labute approximate surface area is 142 Å². The highest BCUT2D eigenvalue weighted by molar-refractivity contribution is 6.21. The lowest BCUT2D eigenvalue weighted by Crippen LogP contribution is -2.38. The molecule has 1 fully saturated rings. The van der Waals surface area contributed by atoms with E-state index in [4.69, 9.17) is 0 Å². The number of benzene rings is 1.